The van der Waals surface area contributed by atoms with Crippen LogP contribution < -0.4 is 10.5 Å². The summed E-state index contributed by atoms with van der Waals surface area (Å²) in [5, 5.41) is 0.528. The molecular formula is C14H15ClN2O2S. The maximum absolute atomic E-state index is 12.2. The first-order valence-corrected chi connectivity index (χ1v) is 7.88. The lowest BCUT2D eigenvalue weighted by atomic mass is 10.1. The van der Waals surface area contributed by atoms with Crippen molar-refractivity contribution in [2.75, 3.05) is 5.73 Å². The fourth-order valence-corrected chi connectivity index (χ4v) is 3.36. The zero-order valence-corrected chi connectivity index (χ0v) is 12.4. The Morgan fingerprint density at radius 2 is 1.70 bits per heavy atom. The molecular weight excluding hydrogens is 296 g/mol. The first-order valence-electron chi connectivity index (χ1n) is 6.02. The van der Waals surface area contributed by atoms with Crippen LogP contribution >= 0.6 is 11.6 Å². The van der Waals surface area contributed by atoms with Crippen LogP contribution in [0.2, 0.25) is 5.02 Å². The molecule has 0 aliphatic rings. The molecule has 0 radical (unpaired) electrons. The number of hydrogen-bond acceptors (Lipinski definition) is 3. The third-order valence-electron chi connectivity index (χ3n) is 2.89. The molecule has 0 saturated heterocycles. The molecule has 0 aromatic heterocycles. The van der Waals surface area contributed by atoms with E-state index in [-0.39, 0.29) is 4.90 Å². The van der Waals surface area contributed by atoms with Gasteiger partial charge in [0.05, 0.1) is 4.90 Å². The lowest BCUT2D eigenvalue weighted by Gasteiger charge is -2.16. The van der Waals surface area contributed by atoms with E-state index in [0.29, 0.717) is 10.7 Å². The maximum atomic E-state index is 12.2. The fraction of sp³-hybridized carbons (Fsp3) is 0.143. The SMILES string of the molecule is CC(NS(=O)(=O)c1ccc(N)cc1)c1ccccc1Cl. The first kappa shape index (κ1) is 14.8. The lowest BCUT2D eigenvalue weighted by molar-refractivity contribution is 0.567. The van der Waals surface area contributed by atoms with Crippen molar-refractivity contribution in [3.05, 3.63) is 59.1 Å². The summed E-state index contributed by atoms with van der Waals surface area (Å²) >= 11 is 6.06. The number of benzene rings is 2. The molecule has 0 aliphatic heterocycles. The van der Waals surface area contributed by atoms with Gasteiger partial charge >= 0.3 is 0 Å². The van der Waals surface area contributed by atoms with Crippen molar-refractivity contribution in [2.24, 2.45) is 0 Å². The van der Waals surface area contributed by atoms with Gasteiger partial charge in [0.1, 0.15) is 0 Å². The molecule has 6 heteroatoms. The van der Waals surface area contributed by atoms with Crippen LogP contribution in [0.4, 0.5) is 5.69 Å². The number of anilines is 1. The minimum Gasteiger partial charge on any atom is -0.399 e. The summed E-state index contributed by atoms with van der Waals surface area (Å²) < 4.78 is 27.1. The van der Waals surface area contributed by atoms with Gasteiger partial charge in [-0.25, -0.2) is 13.1 Å². The van der Waals surface area contributed by atoms with Crippen LogP contribution in [0, 0.1) is 0 Å². The average molecular weight is 311 g/mol. The van der Waals surface area contributed by atoms with Crippen molar-refractivity contribution in [2.45, 2.75) is 17.9 Å². The highest BCUT2D eigenvalue weighted by molar-refractivity contribution is 7.89. The van der Waals surface area contributed by atoms with Crippen molar-refractivity contribution in [3.63, 3.8) is 0 Å². The predicted molar refractivity (Wildman–Crippen MR) is 81.0 cm³/mol. The number of hydrogen-bond donors (Lipinski definition) is 2. The van der Waals surface area contributed by atoms with Crippen molar-refractivity contribution < 1.29 is 8.42 Å². The maximum Gasteiger partial charge on any atom is 0.241 e. The van der Waals surface area contributed by atoms with Crippen LogP contribution in [0.15, 0.2) is 53.4 Å². The molecule has 4 nitrogen and oxygen atoms in total. The third-order valence-corrected chi connectivity index (χ3v) is 4.79. The Balaban J connectivity index is 2.24. The number of sulfonamides is 1. The van der Waals surface area contributed by atoms with Gasteiger partial charge < -0.3 is 5.73 Å². The van der Waals surface area contributed by atoms with Crippen LogP contribution in [0.1, 0.15) is 18.5 Å². The molecule has 20 heavy (non-hydrogen) atoms. The van der Waals surface area contributed by atoms with E-state index in [4.69, 9.17) is 17.3 Å². The van der Waals surface area contributed by atoms with Crippen molar-refractivity contribution in [3.8, 4) is 0 Å². The molecule has 0 saturated carbocycles. The molecule has 1 unspecified atom stereocenters. The van der Waals surface area contributed by atoms with Crippen LogP contribution in [-0.2, 0) is 10.0 Å². The molecule has 0 aliphatic carbocycles. The fourth-order valence-electron chi connectivity index (χ4n) is 1.84. The zero-order valence-electron chi connectivity index (χ0n) is 10.9. The zero-order chi connectivity index (χ0) is 14.8. The summed E-state index contributed by atoms with van der Waals surface area (Å²) in [6, 6.07) is 12.7. The van der Waals surface area contributed by atoms with E-state index in [2.05, 4.69) is 4.72 Å². The van der Waals surface area contributed by atoms with E-state index in [1.54, 1.807) is 37.3 Å². The van der Waals surface area contributed by atoms with Crippen molar-refractivity contribution >= 4 is 27.3 Å². The van der Waals surface area contributed by atoms with Gasteiger partial charge in [0, 0.05) is 16.8 Å². The van der Waals surface area contributed by atoms with E-state index in [0.717, 1.165) is 5.56 Å². The summed E-state index contributed by atoms with van der Waals surface area (Å²) in [5.41, 5.74) is 6.80. The van der Waals surface area contributed by atoms with Gasteiger partial charge in [-0.05, 0) is 42.8 Å². The number of nitrogens with two attached hydrogens (primary N) is 1. The quantitative estimate of drug-likeness (QED) is 0.853. The summed E-state index contributed by atoms with van der Waals surface area (Å²) in [5.74, 6) is 0. The Bertz CT molecular complexity index is 699. The molecule has 2 aromatic carbocycles. The van der Waals surface area contributed by atoms with E-state index in [1.165, 1.54) is 12.1 Å². The minimum absolute atomic E-state index is 0.172. The number of halogens is 1. The van der Waals surface area contributed by atoms with E-state index in [9.17, 15) is 8.42 Å². The van der Waals surface area contributed by atoms with Gasteiger partial charge in [0.15, 0.2) is 0 Å². The van der Waals surface area contributed by atoms with Crippen LogP contribution in [0.3, 0.4) is 0 Å². The average Bonchev–Trinajstić information content (AvgIpc) is 2.39. The van der Waals surface area contributed by atoms with E-state index < -0.39 is 16.1 Å². The molecule has 106 valence electrons. The normalized spacial score (nSPS) is 13.1. The summed E-state index contributed by atoms with van der Waals surface area (Å²) in [6.07, 6.45) is 0. The van der Waals surface area contributed by atoms with Gasteiger partial charge in [-0.3, -0.25) is 0 Å². The second-order valence-corrected chi connectivity index (χ2v) is 6.55. The lowest BCUT2D eigenvalue weighted by Crippen LogP contribution is -2.27. The van der Waals surface area contributed by atoms with E-state index in [1.807, 2.05) is 6.07 Å². The molecule has 0 amide bonds. The minimum atomic E-state index is -3.61. The molecule has 0 bridgehead atoms. The number of nitrogen functional groups attached to an aromatic ring is 1. The Kier molecular flexibility index (Phi) is 4.32. The molecule has 0 spiro atoms. The Labute approximate surface area is 123 Å². The Morgan fingerprint density at radius 3 is 2.30 bits per heavy atom. The largest absolute Gasteiger partial charge is 0.399 e. The Hall–Kier alpha value is -1.56. The molecule has 0 fully saturated rings. The van der Waals surface area contributed by atoms with Crippen molar-refractivity contribution in [1.82, 2.24) is 4.72 Å². The highest BCUT2D eigenvalue weighted by atomic mass is 35.5. The Morgan fingerprint density at radius 1 is 1.10 bits per heavy atom. The molecule has 2 rings (SSSR count). The standard InChI is InChI=1S/C14H15ClN2O2S/c1-10(13-4-2-3-5-14(13)15)17-20(18,19)12-8-6-11(16)7-9-12/h2-10,17H,16H2,1H3. The van der Waals surface area contributed by atoms with Crippen LogP contribution in [0.25, 0.3) is 0 Å². The summed E-state index contributed by atoms with van der Waals surface area (Å²) in [6.45, 7) is 1.75. The highest BCUT2D eigenvalue weighted by Gasteiger charge is 2.19. The number of rotatable bonds is 4. The monoisotopic (exact) mass is 310 g/mol. The van der Waals surface area contributed by atoms with Gasteiger partial charge in [0.2, 0.25) is 10.0 Å². The van der Waals surface area contributed by atoms with Gasteiger partial charge in [0.25, 0.3) is 0 Å². The van der Waals surface area contributed by atoms with Gasteiger partial charge in [-0.1, -0.05) is 29.8 Å². The predicted octanol–water partition coefficient (Wildman–Crippen LogP) is 2.96. The molecule has 3 N–H and O–H groups in total. The molecule has 2 aromatic rings. The smallest absolute Gasteiger partial charge is 0.241 e. The molecule has 1 atom stereocenters. The van der Waals surface area contributed by atoms with E-state index >= 15 is 0 Å². The second-order valence-electron chi connectivity index (χ2n) is 4.43. The molecule has 0 heterocycles. The second kappa shape index (κ2) is 5.83. The topological polar surface area (TPSA) is 72.2 Å². The van der Waals surface area contributed by atoms with Crippen molar-refractivity contribution in [1.29, 1.82) is 0 Å². The van der Waals surface area contributed by atoms with Gasteiger partial charge in [-0.15, -0.1) is 0 Å². The highest BCUT2D eigenvalue weighted by Crippen LogP contribution is 2.24. The van der Waals surface area contributed by atoms with Gasteiger partial charge in [-0.2, -0.15) is 0 Å². The van der Waals surface area contributed by atoms with Crippen LogP contribution in [0.5, 0.6) is 0 Å². The van der Waals surface area contributed by atoms with Crippen LogP contribution in [-0.4, -0.2) is 8.42 Å². The number of nitrogens with one attached hydrogen (secondary N) is 1. The summed E-state index contributed by atoms with van der Waals surface area (Å²) in [7, 11) is -3.61. The first-order chi connectivity index (χ1) is 9.40. The summed E-state index contributed by atoms with van der Waals surface area (Å²) in [4.78, 5) is 0.172. The third kappa shape index (κ3) is 3.30.